The van der Waals surface area contributed by atoms with Gasteiger partial charge >= 0.3 is 0 Å². The first-order valence-corrected chi connectivity index (χ1v) is 10.2. The average Bonchev–Trinajstić information content (AvgIpc) is 3.25. The molecule has 1 fully saturated rings. The summed E-state index contributed by atoms with van der Waals surface area (Å²) in [5.74, 6) is 1.80. The molecule has 4 rings (SSSR count). The van der Waals surface area contributed by atoms with Gasteiger partial charge in [-0.3, -0.25) is 14.6 Å². The molecule has 0 radical (unpaired) electrons. The summed E-state index contributed by atoms with van der Waals surface area (Å²) in [6.45, 7) is 11.1. The van der Waals surface area contributed by atoms with Crippen molar-refractivity contribution >= 4 is 22.9 Å². The summed E-state index contributed by atoms with van der Waals surface area (Å²) in [6, 6.07) is 1.83. The monoisotopic (exact) mass is 412 g/mol. The zero-order valence-corrected chi connectivity index (χ0v) is 18.1. The van der Waals surface area contributed by atoms with E-state index in [1.807, 2.05) is 27.7 Å². The lowest BCUT2D eigenvalue weighted by molar-refractivity contribution is 0.0929. The lowest BCUT2D eigenvalue weighted by Gasteiger charge is -2.32. The van der Waals surface area contributed by atoms with Crippen LogP contribution in [0.15, 0.2) is 21.5 Å². The summed E-state index contributed by atoms with van der Waals surface area (Å²) >= 11 is 0. The minimum absolute atomic E-state index is 0.0684. The number of hydrogen-bond acceptors (Lipinski definition) is 6. The van der Waals surface area contributed by atoms with Gasteiger partial charge in [-0.1, -0.05) is 0 Å². The highest BCUT2D eigenvalue weighted by molar-refractivity contribution is 5.95. The Kier molecular flexibility index (Phi) is 4.91. The number of furan rings is 1. The zero-order valence-electron chi connectivity index (χ0n) is 18.1. The summed E-state index contributed by atoms with van der Waals surface area (Å²) in [4.78, 5) is 34.7. The molecule has 9 heteroatoms. The van der Waals surface area contributed by atoms with Crippen molar-refractivity contribution in [3.8, 4) is 0 Å². The smallest absolute Gasteiger partial charge is 0.263 e. The van der Waals surface area contributed by atoms with Crippen LogP contribution in [-0.4, -0.2) is 44.8 Å². The number of amides is 1. The van der Waals surface area contributed by atoms with E-state index in [0.29, 0.717) is 41.4 Å². The molecule has 2 N–H and O–H groups in total. The van der Waals surface area contributed by atoms with Crippen molar-refractivity contribution in [1.29, 1.82) is 0 Å². The van der Waals surface area contributed by atoms with Gasteiger partial charge < -0.3 is 14.6 Å². The fraction of sp³-hybridized carbons (Fsp3) is 0.524. The van der Waals surface area contributed by atoms with Crippen LogP contribution in [0.4, 0.5) is 5.95 Å². The Morgan fingerprint density at radius 2 is 1.97 bits per heavy atom. The molecule has 160 valence electrons. The van der Waals surface area contributed by atoms with Gasteiger partial charge in [0.1, 0.15) is 16.9 Å². The number of carbonyl (C=O) groups is 1. The maximum atomic E-state index is 12.5. The Bertz CT molecular complexity index is 1140. The van der Waals surface area contributed by atoms with Gasteiger partial charge in [0, 0.05) is 19.1 Å². The summed E-state index contributed by atoms with van der Waals surface area (Å²) in [5, 5.41) is 7.94. The highest BCUT2D eigenvalue weighted by atomic mass is 16.3. The number of aromatic nitrogens is 4. The van der Waals surface area contributed by atoms with E-state index < -0.39 is 0 Å². The molecule has 0 saturated carbocycles. The molecular formula is C21H28N6O3. The largest absolute Gasteiger partial charge is 0.466 e. The first kappa shape index (κ1) is 20.2. The van der Waals surface area contributed by atoms with Crippen molar-refractivity contribution < 1.29 is 9.21 Å². The first-order valence-electron chi connectivity index (χ1n) is 10.2. The highest BCUT2D eigenvalue weighted by Gasteiger charge is 2.26. The zero-order chi connectivity index (χ0) is 21.6. The Morgan fingerprint density at radius 3 is 2.57 bits per heavy atom. The highest BCUT2D eigenvalue weighted by Crippen LogP contribution is 2.22. The number of fused-ring (bicyclic) bond motifs is 1. The van der Waals surface area contributed by atoms with E-state index in [4.69, 9.17) is 9.40 Å². The van der Waals surface area contributed by atoms with E-state index in [0.717, 1.165) is 18.6 Å². The third-order valence-electron chi connectivity index (χ3n) is 5.48. The van der Waals surface area contributed by atoms with Crippen molar-refractivity contribution in [2.45, 2.75) is 59.0 Å². The number of nitrogens with zero attached hydrogens (tertiary/aromatic N) is 4. The second kappa shape index (κ2) is 7.30. The molecule has 0 spiro atoms. The second-order valence-corrected chi connectivity index (χ2v) is 8.92. The van der Waals surface area contributed by atoms with Crippen LogP contribution in [0.25, 0.3) is 11.0 Å². The Labute approximate surface area is 174 Å². The van der Waals surface area contributed by atoms with E-state index in [2.05, 4.69) is 20.3 Å². The molecule has 30 heavy (non-hydrogen) atoms. The van der Waals surface area contributed by atoms with Crippen molar-refractivity contribution in [3.05, 3.63) is 39.7 Å². The SMILES string of the molecule is Cc1cc(C(=O)NC2CCN(c3nc4c(cnn4C(C)(C)C)c(=O)[nH]3)CC2)c(C)o1. The number of hydrogen-bond donors (Lipinski definition) is 2. The molecule has 0 aromatic carbocycles. The normalized spacial score (nSPS) is 15.7. The van der Waals surface area contributed by atoms with Crippen LogP contribution >= 0.6 is 0 Å². The van der Waals surface area contributed by atoms with Crippen LogP contribution in [0.2, 0.25) is 0 Å². The molecule has 3 aromatic heterocycles. The summed E-state index contributed by atoms with van der Waals surface area (Å²) < 4.78 is 7.24. The van der Waals surface area contributed by atoms with Crippen molar-refractivity contribution in [1.82, 2.24) is 25.1 Å². The van der Waals surface area contributed by atoms with E-state index >= 15 is 0 Å². The molecule has 3 aromatic rings. The van der Waals surface area contributed by atoms with E-state index in [9.17, 15) is 9.59 Å². The van der Waals surface area contributed by atoms with Gasteiger partial charge in [-0.25, -0.2) is 4.68 Å². The van der Waals surface area contributed by atoms with E-state index in [1.165, 1.54) is 0 Å². The van der Waals surface area contributed by atoms with Gasteiger partial charge in [0.05, 0.1) is 17.3 Å². The van der Waals surface area contributed by atoms with Crippen molar-refractivity contribution in [2.75, 3.05) is 18.0 Å². The minimum Gasteiger partial charge on any atom is -0.466 e. The van der Waals surface area contributed by atoms with Crippen LogP contribution in [0, 0.1) is 13.8 Å². The number of carbonyl (C=O) groups excluding carboxylic acids is 1. The fourth-order valence-corrected chi connectivity index (χ4v) is 3.90. The quantitative estimate of drug-likeness (QED) is 0.684. The van der Waals surface area contributed by atoms with Gasteiger partial charge in [0.2, 0.25) is 5.95 Å². The first-order chi connectivity index (χ1) is 14.1. The molecule has 4 heterocycles. The molecule has 1 amide bonds. The topological polar surface area (TPSA) is 109 Å². The molecule has 1 aliphatic heterocycles. The maximum Gasteiger partial charge on any atom is 0.263 e. The molecule has 0 unspecified atom stereocenters. The molecule has 0 bridgehead atoms. The summed E-state index contributed by atoms with van der Waals surface area (Å²) in [5.41, 5.74) is 0.705. The number of rotatable bonds is 3. The standard InChI is InChI=1S/C21H28N6O3/c1-12-10-15(13(2)30-12)18(28)23-14-6-8-26(9-7-14)20-24-17-16(19(29)25-20)11-22-27(17)21(3,4)5/h10-11,14H,6-9H2,1-5H3,(H,23,28)(H,24,25,29). The minimum atomic E-state index is -0.277. The average molecular weight is 412 g/mol. The van der Waals surface area contributed by atoms with Gasteiger partial charge in [-0.2, -0.15) is 10.1 Å². The number of piperidine rings is 1. The number of H-pyrrole nitrogens is 1. The van der Waals surface area contributed by atoms with Crippen LogP contribution in [0.3, 0.4) is 0 Å². The molecular weight excluding hydrogens is 384 g/mol. The lowest BCUT2D eigenvalue weighted by atomic mass is 10.0. The summed E-state index contributed by atoms with van der Waals surface area (Å²) in [6.07, 6.45) is 3.10. The van der Waals surface area contributed by atoms with Crippen LogP contribution < -0.4 is 15.8 Å². The third kappa shape index (κ3) is 3.71. The van der Waals surface area contributed by atoms with Gasteiger partial charge in [0.25, 0.3) is 11.5 Å². The second-order valence-electron chi connectivity index (χ2n) is 8.92. The van der Waals surface area contributed by atoms with E-state index in [-0.39, 0.29) is 23.0 Å². The molecule has 0 atom stereocenters. The van der Waals surface area contributed by atoms with E-state index in [1.54, 1.807) is 23.9 Å². The van der Waals surface area contributed by atoms with Gasteiger partial charge in [0.15, 0.2) is 5.65 Å². The molecule has 1 saturated heterocycles. The Morgan fingerprint density at radius 1 is 1.27 bits per heavy atom. The number of aromatic amines is 1. The molecule has 0 aliphatic carbocycles. The molecule has 1 aliphatic rings. The lowest BCUT2D eigenvalue weighted by Crippen LogP contribution is -2.45. The fourth-order valence-electron chi connectivity index (χ4n) is 3.90. The third-order valence-corrected chi connectivity index (χ3v) is 5.48. The Hall–Kier alpha value is -3.10. The number of aryl methyl sites for hydroxylation is 2. The predicted molar refractivity (Wildman–Crippen MR) is 114 cm³/mol. The maximum absolute atomic E-state index is 12.5. The van der Waals surface area contributed by atoms with Crippen LogP contribution in [-0.2, 0) is 5.54 Å². The van der Waals surface area contributed by atoms with Crippen LogP contribution in [0.1, 0.15) is 55.5 Å². The van der Waals surface area contributed by atoms with Crippen LogP contribution in [0.5, 0.6) is 0 Å². The molecule has 9 nitrogen and oxygen atoms in total. The number of anilines is 1. The Balaban J connectivity index is 1.47. The van der Waals surface area contributed by atoms with Gasteiger partial charge in [-0.05, 0) is 53.5 Å². The summed E-state index contributed by atoms with van der Waals surface area (Å²) in [7, 11) is 0. The number of nitrogens with one attached hydrogen (secondary N) is 2. The van der Waals surface area contributed by atoms with Gasteiger partial charge in [-0.15, -0.1) is 0 Å². The predicted octanol–water partition coefficient (Wildman–Crippen LogP) is 2.48. The van der Waals surface area contributed by atoms with Crippen molar-refractivity contribution in [2.24, 2.45) is 0 Å². The van der Waals surface area contributed by atoms with Crippen molar-refractivity contribution in [3.63, 3.8) is 0 Å².